The van der Waals surface area contributed by atoms with Crippen LogP contribution in [0.15, 0.2) is 121 Å². The molecule has 0 atom stereocenters. The summed E-state index contributed by atoms with van der Waals surface area (Å²) in [5, 5.41) is 2.19. The first kappa shape index (κ1) is 25.6. The van der Waals surface area contributed by atoms with Crippen molar-refractivity contribution in [3.63, 3.8) is 0 Å². The first-order chi connectivity index (χ1) is 14.1. The largest absolute Gasteiger partial charge is 1.00 e. The van der Waals surface area contributed by atoms with E-state index in [-0.39, 0.29) is 37.7 Å². The van der Waals surface area contributed by atoms with Gasteiger partial charge in [-0.15, -0.1) is 0 Å². The Morgan fingerprint density at radius 1 is 0.387 bits per heavy atom. The molecule has 0 fully saturated rings. The molecule has 0 spiro atoms. The fourth-order valence-corrected chi connectivity index (χ4v) is 10.1. The van der Waals surface area contributed by atoms with Crippen LogP contribution in [0.2, 0.25) is 0 Å². The minimum absolute atomic E-state index is 0. The Balaban J connectivity index is 0.00000171. The fraction of sp³-hybridized carbons (Fsp3) is 0. The van der Waals surface area contributed by atoms with E-state index < -0.39 is 17.1 Å². The monoisotopic (exact) mass is 426 g/mol. The van der Waals surface area contributed by atoms with Crippen LogP contribution in [0.5, 0.6) is 0 Å². The summed E-state index contributed by atoms with van der Waals surface area (Å²) < 4.78 is 6.34. The van der Waals surface area contributed by atoms with E-state index in [4.69, 9.17) is 4.12 Å². The third-order valence-electron chi connectivity index (χ3n) is 4.90. The maximum atomic E-state index is 14.4. The zero-order valence-corrected chi connectivity index (χ0v) is 19.8. The summed E-state index contributed by atoms with van der Waals surface area (Å²) in [6.45, 7) is 0. The predicted octanol–water partition coefficient (Wildman–Crippen LogP) is -5.76. The first-order valence-electron chi connectivity index (χ1n) is 9.46. The number of hydrogen-bond acceptors (Lipinski definition) is 3. The van der Waals surface area contributed by atoms with Gasteiger partial charge in [-0.25, -0.2) is 0 Å². The van der Waals surface area contributed by atoms with Gasteiger partial charge in [-0.2, -0.15) is 0 Å². The Bertz CT molecular complexity index is 887. The molecule has 0 amide bonds. The molecule has 144 valence electrons. The molecular formula is C24H20Li2O3Si2. The summed E-state index contributed by atoms with van der Waals surface area (Å²) in [5.41, 5.74) is 0. The van der Waals surface area contributed by atoms with Crippen LogP contribution in [0.3, 0.4) is 0 Å². The van der Waals surface area contributed by atoms with Crippen LogP contribution in [0.1, 0.15) is 0 Å². The van der Waals surface area contributed by atoms with E-state index in [0.29, 0.717) is 20.7 Å². The van der Waals surface area contributed by atoms with E-state index in [9.17, 15) is 9.59 Å². The Morgan fingerprint density at radius 3 is 0.774 bits per heavy atom. The van der Waals surface area contributed by atoms with Crippen LogP contribution < -0.4 is 68.1 Å². The molecule has 0 N–H and O–H groups in total. The summed E-state index contributed by atoms with van der Waals surface area (Å²) in [4.78, 5) is 28.8. The molecule has 0 bridgehead atoms. The average molecular weight is 426 g/mol. The van der Waals surface area contributed by atoms with Gasteiger partial charge in [-0.1, -0.05) is 121 Å². The second-order valence-corrected chi connectivity index (χ2v) is 12.4. The van der Waals surface area contributed by atoms with Gasteiger partial charge in [-0.3, -0.25) is 0 Å². The molecule has 4 rings (SSSR count). The molecule has 0 aromatic heterocycles. The summed E-state index contributed by atoms with van der Waals surface area (Å²) in [5.74, 6) is 0. The standard InChI is InChI=1S/C24H20O3Si2.2Li/c25-28(21-13-5-1-6-14-21,22-15-7-2-8-16-22)27-29(26,23-17-9-3-10-18-23)24-19-11-4-12-20-24;;/h1-20H;;/q-2;2*+1. The normalized spacial score (nSPS) is 11.2. The molecule has 4 aromatic rings. The van der Waals surface area contributed by atoms with Gasteiger partial charge < -0.3 is 13.7 Å². The van der Waals surface area contributed by atoms with Gasteiger partial charge in [0.1, 0.15) is 17.1 Å². The van der Waals surface area contributed by atoms with E-state index >= 15 is 0 Å². The number of benzene rings is 4. The van der Waals surface area contributed by atoms with Crippen LogP contribution in [-0.4, -0.2) is 17.1 Å². The van der Waals surface area contributed by atoms with Gasteiger partial charge in [0, 0.05) is 0 Å². The Hall–Kier alpha value is -1.61. The van der Waals surface area contributed by atoms with Gasteiger partial charge in [-0.05, 0) is 20.7 Å². The molecule has 0 aliphatic heterocycles. The van der Waals surface area contributed by atoms with E-state index in [1.807, 2.05) is 72.8 Å². The zero-order valence-electron chi connectivity index (χ0n) is 17.8. The van der Waals surface area contributed by atoms with Crippen LogP contribution in [0.25, 0.3) is 0 Å². The first-order valence-corrected chi connectivity index (χ1v) is 13.1. The molecule has 3 nitrogen and oxygen atoms in total. The summed E-state index contributed by atoms with van der Waals surface area (Å²) >= 11 is 0. The van der Waals surface area contributed by atoms with Gasteiger partial charge in [0.15, 0.2) is 0 Å². The van der Waals surface area contributed by atoms with Crippen molar-refractivity contribution < 1.29 is 51.4 Å². The molecule has 7 heteroatoms. The average Bonchev–Trinajstić information content (AvgIpc) is 2.81. The quantitative estimate of drug-likeness (QED) is 0.289. The molecule has 0 aliphatic carbocycles. The van der Waals surface area contributed by atoms with Crippen molar-refractivity contribution in [3.05, 3.63) is 121 Å². The van der Waals surface area contributed by atoms with E-state index in [1.165, 1.54) is 0 Å². The van der Waals surface area contributed by atoms with Gasteiger partial charge in [0.25, 0.3) is 0 Å². The van der Waals surface area contributed by atoms with Gasteiger partial charge in [0.2, 0.25) is 0 Å². The van der Waals surface area contributed by atoms with E-state index in [1.54, 1.807) is 48.5 Å². The number of hydrogen-bond donors (Lipinski definition) is 0. The second-order valence-electron chi connectivity index (χ2n) is 6.80. The van der Waals surface area contributed by atoms with Crippen molar-refractivity contribution >= 4 is 37.9 Å². The molecule has 0 saturated carbocycles. The van der Waals surface area contributed by atoms with Crippen molar-refractivity contribution in [2.24, 2.45) is 0 Å². The van der Waals surface area contributed by atoms with Gasteiger partial charge >= 0.3 is 37.7 Å². The number of rotatable bonds is 6. The van der Waals surface area contributed by atoms with Crippen molar-refractivity contribution in [1.82, 2.24) is 0 Å². The molecule has 0 unspecified atom stereocenters. The molecular weight excluding hydrogens is 406 g/mol. The van der Waals surface area contributed by atoms with Crippen LogP contribution >= 0.6 is 0 Å². The Kier molecular flexibility index (Phi) is 9.36. The third-order valence-corrected chi connectivity index (χ3v) is 11.6. The molecule has 0 saturated heterocycles. The van der Waals surface area contributed by atoms with Crippen LogP contribution in [0, 0.1) is 0 Å². The topological polar surface area (TPSA) is 55.3 Å². The predicted molar refractivity (Wildman–Crippen MR) is 117 cm³/mol. The zero-order chi connectivity index (χ0) is 20.2. The summed E-state index contributed by atoms with van der Waals surface area (Å²) in [7, 11) is -8.01. The molecule has 0 radical (unpaired) electrons. The second kappa shape index (κ2) is 11.3. The van der Waals surface area contributed by atoms with Crippen molar-refractivity contribution in [3.8, 4) is 0 Å². The third kappa shape index (κ3) is 5.42. The molecule has 4 aromatic carbocycles. The smallest absolute Gasteiger partial charge is 0.832 e. The maximum Gasteiger partial charge on any atom is 1.00 e. The van der Waals surface area contributed by atoms with E-state index in [2.05, 4.69) is 0 Å². The Labute approximate surface area is 209 Å². The van der Waals surface area contributed by atoms with Crippen LogP contribution in [-0.2, 0) is 4.12 Å². The fourth-order valence-electron chi connectivity index (χ4n) is 3.40. The summed E-state index contributed by atoms with van der Waals surface area (Å²) in [6.07, 6.45) is 0. The van der Waals surface area contributed by atoms with Crippen LogP contribution in [0.4, 0.5) is 0 Å². The van der Waals surface area contributed by atoms with Crippen molar-refractivity contribution in [1.29, 1.82) is 0 Å². The minimum atomic E-state index is -4.00. The van der Waals surface area contributed by atoms with Crippen molar-refractivity contribution in [2.75, 3.05) is 0 Å². The molecule has 0 heterocycles. The Morgan fingerprint density at radius 2 is 0.581 bits per heavy atom. The molecule has 0 aliphatic rings. The maximum absolute atomic E-state index is 14.4. The SMILES string of the molecule is [Li+].[Li+].[O-][Si](O[Si]([O-])(c1ccccc1)c1ccccc1)(c1ccccc1)c1ccccc1. The van der Waals surface area contributed by atoms with E-state index in [0.717, 1.165) is 0 Å². The van der Waals surface area contributed by atoms with Crippen molar-refractivity contribution in [2.45, 2.75) is 0 Å². The molecule has 31 heavy (non-hydrogen) atoms. The minimum Gasteiger partial charge on any atom is -0.832 e. The van der Waals surface area contributed by atoms with Gasteiger partial charge in [0.05, 0.1) is 0 Å². The summed E-state index contributed by atoms with van der Waals surface area (Å²) in [6, 6.07) is 36.2.